The number of aromatic amines is 1. The van der Waals surface area contributed by atoms with Gasteiger partial charge in [-0.1, -0.05) is 13.8 Å². The molecule has 22 heavy (non-hydrogen) atoms. The molecule has 122 valence electrons. The van der Waals surface area contributed by atoms with Gasteiger partial charge in [-0.2, -0.15) is 5.10 Å². The molecule has 0 bridgehead atoms. The Hall–Kier alpha value is -1.40. The average Bonchev–Trinajstić information content (AvgIpc) is 3.15. The Labute approximate surface area is 131 Å². The second-order valence-electron chi connectivity index (χ2n) is 6.77. The van der Waals surface area contributed by atoms with Crippen molar-refractivity contribution in [2.45, 2.75) is 51.2 Å². The van der Waals surface area contributed by atoms with E-state index in [0.29, 0.717) is 11.5 Å². The van der Waals surface area contributed by atoms with E-state index in [0.717, 1.165) is 44.7 Å². The zero-order valence-electron chi connectivity index (χ0n) is 13.4. The third kappa shape index (κ3) is 2.90. The van der Waals surface area contributed by atoms with Gasteiger partial charge < -0.3 is 15.4 Å². The molecule has 1 aromatic heterocycles. The van der Waals surface area contributed by atoms with Crippen molar-refractivity contribution < 1.29 is 9.53 Å². The minimum atomic E-state index is 0.0903. The van der Waals surface area contributed by atoms with Crippen LogP contribution in [0.2, 0.25) is 0 Å². The standard InChI is InChI=1S/C16H26N4O2/c1-10(2)14-12(9-18-19-14)16(21)20-6-3-11(4-7-20)15-13(17)5-8-22-15/h9-11,13,15H,3-8,17H2,1-2H3,(H,18,19)/t13-,15+/m1/s1. The molecule has 3 rings (SSSR count). The van der Waals surface area contributed by atoms with Gasteiger partial charge in [0.2, 0.25) is 0 Å². The van der Waals surface area contributed by atoms with Crippen molar-refractivity contribution in [1.29, 1.82) is 0 Å². The first-order valence-electron chi connectivity index (χ1n) is 8.27. The van der Waals surface area contributed by atoms with Crippen LogP contribution in [0.25, 0.3) is 0 Å². The van der Waals surface area contributed by atoms with Gasteiger partial charge in [0.1, 0.15) is 0 Å². The summed E-state index contributed by atoms with van der Waals surface area (Å²) in [5.74, 6) is 0.840. The molecule has 1 aromatic rings. The normalized spacial score (nSPS) is 26.8. The van der Waals surface area contributed by atoms with Crippen LogP contribution >= 0.6 is 0 Å². The number of H-pyrrole nitrogens is 1. The van der Waals surface area contributed by atoms with Gasteiger partial charge >= 0.3 is 0 Å². The molecule has 6 nitrogen and oxygen atoms in total. The van der Waals surface area contributed by atoms with Gasteiger partial charge in [0, 0.05) is 25.7 Å². The monoisotopic (exact) mass is 306 g/mol. The summed E-state index contributed by atoms with van der Waals surface area (Å²) in [5.41, 5.74) is 7.75. The maximum atomic E-state index is 12.7. The summed E-state index contributed by atoms with van der Waals surface area (Å²) in [7, 11) is 0. The van der Waals surface area contributed by atoms with Crippen LogP contribution < -0.4 is 5.73 Å². The summed E-state index contributed by atoms with van der Waals surface area (Å²) in [4.78, 5) is 14.6. The van der Waals surface area contributed by atoms with E-state index >= 15 is 0 Å². The number of rotatable bonds is 3. The van der Waals surface area contributed by atoms with Crippen molar-refractivity contribution in [1.82, 2.24) is 15.1 Å². The average molecular weight is 306 g/mol. The highest BCUT2D eigenvalue weighted by Gasteiger charge is 2.36. The molecular weight excluding hydrogens is 280 g/mol. The highest BCUT2D eigenvalue weighted by Crippen LogP contribution is 2.29. The zero-order chi connectivity index (χ0) is 15.7. The molecule has 2 aliphatic heterocycles. The number of carbonyl (C=O) groups excluding carboxylic acids is 1. The molecule has 6 heteroatoms. The van der Waals surface area contributed by atoms with Gasteiger partial charge in [-0.05, 0) is 31.1 Å². The summed E-state index contributed by atoms with van der Waals surface area (Å²) in [6.45, 7) is 6.46. The first-order valence-corrected chi connectivity index (χ1v) is 8.27. The Morgan fingerprint density at radius 2 is 2.14 bits per heavy atom. The predicted molar refractivity (Wildman–Crippen MR) is 83.6 cm³/mol. The third-order valence-corrected chi connectivity index (χ3v) is 4.95. The summed E-state index contributed by atoms with van der Waals surface area (Å²) in [6.07, 6.45) is 4.73. The van der Waals surface area contributed by atoms with Crippen molar-refractivity contribution in [3.8, 4) is 0 Å². The molecule has 1 amide bonds. The Morgan fingerprint density at radius 3 is 2.73 bits per heavy atom. The number of aromatic nitrogens is 2. The molecular formula is C16H26N4O2. The lowest BCUT2D eigenvalue weighted by Crippen LogP contribution is -2.45. The van der Waals surface area contributed by atoms with Crippen molar-refractivity contribution in [3.05, 3.63) is 17.5 Å². The summed E-state index contributed by atoms with van der Waals surface area (Å²) >= 11 is 0. The topological polar surface area (TPSA) is 84.2 Å². The minimum Gasteiger partial charge on any atom is -0.376 e. The molecule has 2 atom stereocenters. The summed E-state index contributed by atoms with van der Waals surface area (Å²) in [5, 5.41) is 6.99. The second-order valence-corrected chi connectivity index (χ2v) is 6.77. The highest BCUT2D eigenvalue weighted by atomic mass is 16.5. The number of nitrogens with two attached hydrogens (primary N) is 1. The molecule has 2 fully saturated rings. The van der Waals surface area contributed by atoms with E-state index in [1.54, 1.807) is 6.20 Å². The smallest absolute Gasteiger partial charge is 0.257 e. The molecule has 0 unspecified atom stereocenters. The van der Waals surface area contributed by atoms with Crippen molar-refractivity contribution >= 4 is 5.91 Å². The van der Waals surface area contributed by atoms with Crippen LogP contribution in [-0.4, -0.2) is 52.8 Å². The largest absolute Gasteiger partial charge is 0.376 e. The van der Waals surface area contributed by atoms with Gasteiger partial charge in [-0.3, -0.25) is 9.89 Å². The lowest BCUT2D eigenvalue weighted by molar-refractivity contribution is 0.0241. The number of hydrogen-bond acceptors (Lipinski definition) is 4. The molecule has 0 radical (unpaired) electrons. The Morgan fingerprint density at radius 1 is 1.41 bits per heavy atom. The van der Waals surface area contributed by atoms with Gasteiger partial charge in [0.25, 0.3) is 5.91 Å². The van der Waals surface area contributed by atoms with E-state index in [4.69, 9.17) is 10.5 Å². The Kier molecular flexibility index (Phi) is 4.49. The molecule has 3 heterocycles. The lowest BCUT2D eigenvalue weighted by atomic mass is 9.87. The van der Waals surface area contributed by atoms with Crippen LogP contribution in [0, 0.1) is 5.92 Å². The summed E-state index contributed by atoms with van der Waals surface area (Å²) in [6, 6.07) is 0.161. The molecule has 2 aliphatic rings. The fourth-order valence-corrected chi connectivity index (χ4v) is 3.62. The molecule has 3 N–H and O–H groups in total. The van der Waals surface area contributed by atoms with Gasteiger partial charge in [0.15, 0.2) is 0 Å². The van der Waals surface area contributed by atoms with Crippen molar-refractivity contribution in [2.75, 3.05) is 19.7 Å². The van der Waals surface area contributed by atoms with Crippen LogP contribution in [0.4, 0.5) is 0 Å². The first-order chi connectivity index (χ1) is 10.6. The maximum absolute atomic E-state index is 12.7. The molecule has 0 aliphatic carbocycles. The van der Waals surface area contributed by atoms with Crippen LogP contribution in [-0.2, 0) is 4.74 Å². The summed E-state index contributed by atoms with van der Waals surface area (Å²) < 4.78 is 5.78. The number of ether oxygens (including phenoxy) is 1. The highest BCUT2D eigenvalue weighted by molar-refractivity contribution is 5.95. The molecule has 0 spiro atoms. The van der Waals surface area contributed by atoms with Gasteiger partial charge in [0.05, 0.1) is 23.6 Å². The van der Waals surface area contributed by atoms with E-state index in [2.05, 4.69) is 24.0 Å². The minimum absolute atomic E-state index is 0.0903. The second kappa shape index (κ2) is 6.38. The SMILES string of the molecule is CC(C)c1[nH]ncc1C(=O)N1CCC([C@@H]2OCC[C@H]2N)CC1. The number of piperidine rings is 1. The van der Waals surface area contributed by atoms with E-state index < -0.39 is 0 Å². The molecule has 0 saturated carbocycles. The predicted octanol–water partition coefficient (Wildman–Crippen LogP) is 1.50. The van der Waals surface area contributed by atoms with Crippen molar-refractivity contribution in [3.63, 3.8) is 0 Å². The lowest BCUT2D eigenvalue weighted by Gasteiger charge is -2.35. The number of amides is 1. The van der Waals surface area contributed by atoms with E-state index in [9.17, 15) is 4.79 Å². The number of nitrogens with zero attached hydrogens (tertiary/aromatic N) is 2. The first kappa shape index (κ1) is 15.5. The van der Waals surface area contributed by atoms with Crippen LogP contribution in [0.5, 0.6) is 0 Å². The maximum Gasteiger partial charge on any atom is 0.257 e. The zero-order valence-corrected chi connectivity index (χ0v) is 13.4. The third-order valence-electron chi connectivity index (χ3n) is 4.95. The number of hydrogen-bond donors (Lipinski definition) is 2. The fourth-order valence-electron chi connectivity index (χ4n) is 3.62. The van der Waals surface area contributed by atoms with E-state index in [1.807, 2.05) is 4.90 Å². The van der Waals surface area contributed by atoms with E-state index in [1.165, 1.54) is 0 Å². The van der Waals surface area contributed by atoms with Crippen LogP contribution in [0.15, 0.2) is 6.20 Å². The van der Waals surface area contributed by atoms with E-state index in [-0.39, 0.29) is 24.0 Å². The molecule has 0 aromatic carbocycles. The van der Waals surface area contributed by atoms with Crippen LogP contribution in [0.1, 0.15) is 55.1 Å². The quantitative estimate of drug-likeness (QED) is 0.886. The van der Waals surface area contributed by atoms with Crippen LogP contribution in [0.3, 0.4) is 0 Å². The number of nitrogens with one attached hydrogen (secondary N) is 1. The van der Waals surface area contributed by atoms with Gasteiger partial charge in [-0.25, -0.2) is 0 Å². The number of likely N-dealkylation sites (tertiary alicyclic amines) is 1. The van der Waals surface area contributed by atoms with Crippen molar-refractivity contribution in [2.24, 2.45) is 11.7 Å². The Balaban J connectivity index is 1.61. The van der Waals surface area contributed by atoms with Gasteiger partial charge in [-0.15, -0.1) is 0 Å². The molecule has 2 saturated heterocycles. The fraction of sp³-hybridized carbons (Fsp3) is 0.750. The number of carbonyl (C=O) groups is 1. The Bertz CT molecular complexity index is 520.